The van der Waals surface area contributed by atoms with E-state index in [2.05, 4.69) is 20.3 Å². The van der Waals surface area contributed by atoms with Gasteiger partial charge in [0, 0.05) is 43.0 Å². The number of ether oxygens (including phenoxy) is 1. The molecule has 0 bridgehead atoms. The molecule has 3 aromatic heterocycles. The first kappa shape index (κ1) is 16.6. The minimum absolute atomic E-state index is 0.194. The molecule has 1 amide bonds. The molecule has 0 saturated heterocycles. The Balaban J connectivity index is 1.70. The standard InChI is InChI=1S/C19H18N4O2/c1-2-25-17-6-5-16(13-22-17)19(24)23-12-15-4-3-9-21-18(15)14-7-10-20-11-8-14/h3-11,13H,2,12H2,1H3,(H,23,24). The van der Waals surface area contributed by atoms with Crippen molar-refractivity contribution >= 4 is 5.91 Å². The Morgan fingerprint density at radius 1 is 1.08 bits per heavy atom. The highest BCUT2D eigenvalue weighted by atomic mass is 16.5. The van der Waals surface area contributed by atoms with E-state index in [4.69, 9.17) is 4.74 Å². The topological polar surface area (TPSA) is 77.0 Å². The van der Waals surface area contributed by atoms with Crippen molar-refractivity contribution in [2.45, 2.75) is 13.5 Å². The van der Waals surface area contributed by atoms with Crippen LogP contribution in [0.2, 0.25) is 0 Å². The van der Waals surface area contributed by atoms with Gasteiger partial charge in [-0.1, -0.05) is 6.07 Å². The van der Waals surface area contributed by atoms with E-state index in [-0.39, 0.29) is 5.91 Å². The van der Waals surface area contributed by atoms with Crippen molar-refractivity contribution in [3.63, 3.8) is 0 Å². The van der Waals surface area contributed by atoms with Gasteiger partial charge in [-0.25, -0.2) is 4.98 Å². The van der Waals surface area contributed by atoms with Crippen LogP contribution in [0, 0.1) is 0 Å². The SMILES string of the molecule is CCOc1ccc(C(=O)NCc2cccnc2-c2ccncc2)cn1. The molecule has 3 heterocycles. The molecular formula is C19H18N4O2. The third kappa shape index (κ3) is 4.17. The smallest absolute Gasteiger partial charge is 0.253 e. The Morgan fingerprint density at radius 3 is 2.64 bits per heavy atom. The second-order valence-electron chi connectivity index (χ2n) is 5.25. The van der Waals surface area contributed by atoms with E-state index in [1.807, 2.05) is 31.2 Å². The van der Waals surface area contributed by atoms with Gasteiger partial charge in [0.15, 0.2) is 0 Å². The summed E-state index contributed by atoms with van der Waals surface area (Å²) in [6, 6.07) is 11.0. The van der Waals surface area contributed by atoms with Gasteiger partial charge >= 0.3 is 0 Å². The highest BCUT2D eigenvalue weighted by Crippen LogP contribution is 2.20. The van der Waals surface area contributed by atoms with E-state index in [1.165, 1.54) is 6.20 Å². The highest BCUT2D eigenvalue weighted by molar-refractivity contribution is 5.93. The quantitative estimate of drug-likeness (QED) is 0.750. The molecule has 3 aromatic rings. The number of pyridine rings is 3. The molecule has 1 N–H and O–H groups in total. The maximum Gasteiger partial charge on any atom is 0.253 e. The molecule has 0 unspecified atom stereocenters. The molecule has 0 fully saturated rings. The Bertz CT molecular complexity index is 836. The maximum absolute atomic E-state index is 12.3. The Hall–Kier alpha value is -3.28. The molecule has 0 spiro atoms. The second kappa shape index (κ2) is 8.01. The Labute approximate surface area is 145 Å². The van der Waals surface area contributed by atoms with Crippen molar-refractivity contribution in [3.05, 3.63) is 72.3 Å². The molecule has 0 saturated carbocycles. The van der Waals surface area contributed by atoms with Crippen LogP contribution in [0.5, 0.6) is 5.88 Å². The minimum Gasteiger partial charge on any atom is -0.478 e. The number of hydrogen-bond acceptors (Lipinski definition) is 5. The lowest BCUT2D eigenvalue weighted by Gasteiger charge is -2.10. The van der Waals surface area contributed by atoms with Crippen LogP contribution >= 0.6 is 0 Å². The van der Waals surface area contributed by atoms with Crippen LogP contribution in [0.1, 0.15) is 22.8 Å². The molecule has 6 heteroatoms. The van der Waals surface area contributed by atoms with Gasteiger partial charge in [-0.05, 0) is 36.8 Å². The van der Waals surface area contributed by atoms with E-state index in [0.29, 0.717) is 24.6 Å². The van der Waals surface area contributed by atoms with Crippen LogP contribution in [0.25, 0.3) is 11.3 Å². The summed E-state index contributed by atoms with van der Waals surface area (Å²) in [4.78, 5) is 24.9. The zero-order chi connectivity index (χ0) is 17.5. The van der Waals surface area contributed by atoms with Gasteiger partial charge in [0.1, 0.15) is 0 Å². The van der Waals surface area contributed by atoms with E-state index in [9.17, 15) is 4.79 Å². The number of nitrogens with one attached hydrogen (secondary N) is 1. The van der Waals surface area contributed by atoms with E-state index < -0.39 is 0 Å². The fraction of sp³-hybridized carbons (Fsp3) is 0.158. The molecule has 0 aliphatic heterocycles. The largest absolute Gasteiger partial charge is 0.478 e. The van der Waals surface area contributed by atoms with Gasteiger partial charge in [0.05, 0.1) is 17.9 Å². The van der Waals surface area contributed by atoms with Gasteiger partial charge in [-0.3, -0.25) is 14.8 Å². The van der Waals surface area contributed by atoms with Crippen molar-refractivity contribution in [1.82, 2.24) is 20.3 Å². The summed E-state index contributed by atoms with van der Waals surface area (Å²) >= 11 is 0. The van der Waals surface area contributed by atoms with E-state index in [0.717, 1.165) is 16.8 Å². The second-order valence-corrected chi connectivity index (χ2v) is 5.25. The molecule has 3 rings (SSSR count). The lowest BCUT2D eigenvalue weighted by Crippen LogP contribution is -2.23. The molecule has 6 nitrogen and oxygen atoms in total. The monoisotopic (exact) mass is 334 g/mol. The summed E-state index contributed by atoms with van der Waals surface area (Å²) in [7, 11) is 0. The molecule has 126 valence electrons. The number of carbonyl (C=O) groups excluding carboxylic acids is 1. The van der Waals surface area contributed by atoms with Gasteiger partial charge in [0.2, 0.25) is 5.88 Å². The summed E-state index contributed by atoms with van der Waals surface area (Å²) in [5.74, 6) is 0.311. The first-order valence-corrected chi connectivity index (χ1v) is 7.99. The van der Waals surface area contributed by atoms with Crippen LogP contribution in [-0.4, -0.2) is 27.5 Å². The molecule has 0 atom stereocenters. The average Bonchev–Trinajstić information content (AvgIpc) is 2.68. The van der Waals surface area contributed by atoms with Gasteiger partial charge in [-0.15, -0.1) is 0 Å². The summed E-state index contributed by atoms with van der Waals surface area (Å²) < 4.78 is 5.28. The first-order chi connectivity index (χ1) is 12.3. The van der Waals surface area contributed by atoms with Crippen molar-refractivity contribution in [2.75, 3.05) is 6.61 Å². The predicted molar refractivity (Wildman–Crippen MR) is 94.0 cm³/mol. The third-order valence-electron chi connectivity index (χ3n) is 3.58. The highest BCUT2D eigenvalue weighted by Gasteiger charge is 2.10. The molecule has 0 aliphatic carbocycles. The fourth-order valence-electron chi connectivity index (χ4n) is 2.38. The van der Waals surface area contributed by atoms with Crippen LogP contribution < -0.4 is 10.1 Å². The summed E-state index contributed by atoms with van der Waals surface area (Å²) in [5, 5.41) is 2.90. The van der Waals surface area contributed by atoms with Crippen LogP contribution in [0.15, 0.2) is 61.2 Å². The number of aromatic nitrogens is 3. The molecule has 0 aliphatic rings. The van der Waals surface area contributed by atoms with E-state index >= 15 is 0 Å². The van der Waals surface area contributed by atoms with Crippen LogP contribution in [0.3, 0.4) is 0 Å². The lowest BCUT2D eigenvalue weighted by atomic mass is 10.1. The number of hydrogen-bond donors (Lipinski definition) is 1. The summed E-state index contributed by atoms with van der Waals surface area (Å²) in [6.07, 6.45) is 6.68. The zero-order valence-corrected chi connectivity index (χ0v) is 13.8. The normalized spacial score (nSPS) is 10.3. The van der Waals surface area contributed by atoms with Gasteiger partial charge in [-0.2, -0.15) is 0 Å². The van der Waals surface area contributed by atoms with Crippen molar-refractivity contribution in [2.24, 2.45) is 0 Å². The van der Waals surface area contributed by atoms with Crippen LogP contribution in [-0.2, 0) is 6.54 Å². The first-order valence-electron chi connectivity index (χ1n) is 7.99. The lowest BCUT2D eigenvalue weighted by molar-refractivity contribution is 0.0950. The number of amides is 1. The van der Waals surface area contributed by atoms with E-state index in [1.54, 1.807) is 30.7 Å². The van der Waals surface area contributed by atoms with Crippen molar-refractivity contribution < 1.29 is 9.53 Å². The van der Waals surface area contributed by atoms with Crippen molar-refractivity contribution in [3.8, 4) is 17.1 Å². The summed E-state index contributed by atoms with van der Waals surface area (Å²) in [5.41, 5.74) is 3.20. The summed E-state index contributed by atoms with van der Waals surface area (Å²) in [6.45, 7) is 2.80. The molecular weight excluding hydrogens is 316 g/mol. The zero-order valence-electron chi connectivity index (χ0n) is 13.8. The fourth-order valence-corrected chi connectivity index (χ4v) is 2.38. The van der Waals surface area contributed by atoms with Crippen molar-refractivity contribution in [1.29, 1.82) is 0 Å². The molecule has 0 aromatic carbocycles. The average molecular weight is 334 g/mol. The van der Waals surface area contributed by atoms with Crippen LogP contribution in [0.4, 0.5) is 0 Å². The third-order valence-corrected chi connectivity index (χ3v) is 3.58. The maximum atomic E-state index is 12.3. The Morgan fingerprint density at radius 2 is 1.92 bits per heavy atom. The molecule has 25 heavy (non-hydrogen) atoms. The van der Waals surface area contributed by atoms with Gasteiger partial charge < -0.3 is 10.1 Å². The number of carbonyl (C=O) groups is 1. The van der Waals surface area contributed by atoms with Gasteiger partial charge in [0.25, 0.3) is 5.91 Å². The Kier molecular flexibility index (Phi) is 5.31. The minimum atomic E-state index is -0.194. The number of nitrogens with zero attached hydrogens (tertiary/aromatic N) is 3. The number of rotatable bonds is 6. The molecule has 0 radical (unpaired) electrons. The predicted octanol–water partition coefficient (Wildman–Crippen LogP) is 2.87.